The lowest BCUT2D eigenvalue weighted by Gasteiger charge is -2.41. The molecule has 5 aromatic carbocycles. The molecule has 1 aliphatic rings. The third-order valence-corrected chi connectivity index (χ3v) is 19.6. The van der Waals surface area contributed by atoms with E-state index in [1.54, 1.807) is 26.1 Å². The number of hydrogen-bond acceptors (Lipinski definition) is 17. The van der Waals surface area contributed by atoms with Gasteiger partial charge in [0, 0.05) is 92.0 Å². The Bertz CT molecular complexity index is 4460. The maximum absolute atomic E-state index is 15.4. The molecule has 1 aliphatic heterocycles. The van der Waals surface area contributed by atoms with Crippen molar-refractivity contribution in [2.75, 3.05) is 100 Å². The monoisotopic (exact) mass is 1620 g/mol. The van der Waals surface area contributed by atoms with Gasteiger partial charge in [-0.1, -0.05) is 90.1 Å². The molecule has 12 amide bonds. The number of rotatable bonds is 43. The van der Waals surface area contributed by atoms with Gasteiger partial charge in [-0.25, -0.2) is 31.6 Å². The molecule has 622 valence electrons. The summed E-state index contributed by atoms with van der Waals surface area (Å²) in [6.07, 6.45) is 0.894. The van der Waals surface area contributed by atoms with Crippen LogP contribution in [-0.4, -0.2) is 207 Å². The molecule has 0 spiro atoms. The van der Waals surface area contributed by atoms with E-state index in [0.29, 0.717) is 36.3 Å². The Morgan fingerprint density at radius 2 is 1.28 bits per heavy atom. The maximum Gasteiger partial charge on any atom is 0.319 e. The second-order valence-corrected chi connectivity index (χ2v) is 30.1. The van der Waals surface area contributed by atoms with Crippen LogP contribution in [0.25, 0.3) is 11.1 Å². The standard InChI is InChI=1S/C79H102F2N14O19S/c1-8-30-83-76(107)87-56-18-13-20-58(43-56)115(110,111)92-57-19-12-17-51(40-57)62(44-68(99)100)90-78(109)86-55-25-23-54(24-26-55)85-77(108)84-31-35-113-37-39-114-38-36-112-34-29-66(97)88-63(45-69(101)102)75(106)94-32-14-21-64(94)73(104)91-70(49(2)3)74(105)89-61(72(103)82-7)28-33-95(67(98)48-96)71(79(4,5)6)65-41-52(59-42-53(80)22-27-60(59)81)47-93(65)46-50-15-10-9-11-16-50/h9-13,15-20,22-27,40-43,47,49,61-64,70-71,92,96H,8,14,21,28-39,44-46,48H2,1-7H3,(H,82,103)(H,88,97)(H,89,105)(H,91,104)(H,99,100)(H,101,102)(H2,83,87,107)(H2,84,85,108)(H2,86,90,109)/t61-,62+,63-,64-,70-,71-/m0/s1. The lowest BCUT2D eigenvalue weighted by atomic mass is 9.82. The highest BCUT2D eigenvalue weighted by Gasteiger charge is 2.42. The highest BCUT2D eigenvalue weighted by Crippen LogP contribution is 2.42. The number of carboxylic acids is 2. The van der Waals surface area contributed by atoms with Crippen molar-refractivity contribution in [3.05, 3.63) is 162 Å². The van der Waals surface area contributed by atoms with Crippen LogP contribution >= 0.6 is 0 Å². The lowest BCUT2D eigenvalue weighted by molar-refractivity contribution is -0.146. The van der Waals surface area contributed by atoms with Gasteiger partial charge in [0.1, 0.15) is 42.4 Å². The van der Waals surface area contributed by atoms with Gasteiger partial charge in [-0.3, -0.25) is 43.1 Å². The number of sulfonamides is 1. The van der Waals surface area contributed by atoms with Crippen LogP contribution in [0.15, 0.2) is 138 Å². The molecule has 6 aromatic rings. The van der Waals surface area contributed by atoms with E-state index in [-0.39, 0.29) is 118 Å². The number of aromatic nitrogens is 1. The summed E-state index contributed by atoms with van der Waals surface area (Å²) in [5.41, 5.74) is 2.03. The normalized spacial score (nSPS) is 14.0. The van der Waals surface area contributed by atoms with Gasteiger partial charge in [-0.15, -0.1) is 0 Å². The number of likely N-dealkylation sites (tertiary alicyclic amines) is 1. The van der Waals surface area contributed by atoms with Crippen molar-refractivity contribution in [3.8, 4) is 11.1 Å². The number of likely N-dealkylation sites (N-methyl/N-ethyl adjacent to an activating group) is 1. The van der Waals surface area contributed by atoms with Crippen LogP contribution in [0.3, 0.4) is 0 Å². The van der Waals surface area contributed by atoms with Crippen molar-refractivity contribution in [1.29, 1.82) is 0 Å². The molecular formula is C79H102F2N14O19S. The highest BCUT2D eigenvalue weighted by molar-refractivity contribution is 7.92. The fraction of sp³-hybridized carbons (Fsp3) is 0.430. The molecule has 0 bridgehead atoms. The van der Waals surface area contributed by atoms with Crippen molar-refractivity contribution in [1.82, 2.24) is 51.6 Å². The highest BCUT2D eigenvalue weighted by atomic mass is 32.2. The number of urea groups is 3. The fourth-order valence-electron chi connectivity index (χ4n) is 12.7. The number of carbonyl (C=O) groups is 11. The summed E-state index contributed by atoms with van der Waals surface area (Å²) in [5, 5.41) is 56.1. The SMILES string of the molecule is CCCNC(=O)Nc1cccc(S(=O)(=O)Nc2cccc([C@@H](CC(=O)O)NC(=O)Nc3ccc(NC(=O)NCCOCCOCCOCCC(=O)N[C@@H](CC(=O)O)C(=O)N4CCC[C@H]4C(=O)N[C@H](C(=O)N[C@@H](CCN(C(=O)CO)[C@@H](c4cc(-c5cc(F)ccc5F)cn4Cc4ccccc4)C(C)(C)C)C(=O)NC)C(C)C)cc3)c2)c1. The minimum atomic E-state index is -4.20. The summed E-state index contributed by atoms with van der Waals surface area (Å²) in [6, 6.07) is 22.2. The first-order valence-electron chi connectivity index (χ1n) is 37.5. The Balaban J connectivity index is 0.808. The summed E-state index contributed by atoms with van der Waals surface area (Å²) in [4.78, 5) is 148. The first-order valence-corrected chi connectivity index (χ1v) is 38.9. The van der Waals surface area contributed by atoms with Crippen molar-refractivity contribution in [2.24, 2.45) is 11.3 Å². The van der Waals surface area contributed by atoms with Crippen LogP contribution in [0, 0.1) is 23.0 Å². The second kappa shape index (κ2) is 44.2. The predicted molar refractivity (Wildman–Crippen MR) is 421 cm³/mol. The third-order valence-electron chi connectivity index (χ3n) is 18.2. The molecule has 1 saturated heterocycles. The van der Waals surface area contributed by atoms with E-state index in [0.717, 1.165) is 28.7 Å². The minimum Gasteiger partial charge on any atom is -0.481 e. The molecular weight excluding hydrogens is 1520 g/mol. The van der Waals surface area contributed by atoms with E-state index in [9.17, 15) is 80.9 Å². The number of benzene rings is 5. The zero-order chi connectivity index (χ0) is 83.9. The molecule has 2 heterocycles. The van der Waals surface area contributed by atoms with Gasteiger partial charge in [0.25, 0.3) is 10.0 Å². The van der Waals surface area contributed by atoms with E-state index in [1.807, 2.05) is 62.6 Å². The Hall–Kier alpha value is -11.6. The number of halogens is 2. The summed E-state index contributed by atoms with van der Waals surface area (Å²) >= 11 is 0. The first kappa shape index (κ1) is 90.6. The van der Waals surface area contributed by atoms with Crippen molar-refractivity contribution >= 4 is 98.2 Å². The zero-order valence-electron chi connectivity index (χ0n) is 65.1. The number of amides is 12. The average Bonchev–Trinajstić information content (AvgIpc) is 1.64. The van der Waals surface area contributed by atoms with Crippen LogP contribution in [0.1, 0.15) is 115 Å². The molecule has 7 rings (SSSR count). The van der Waals surface area contributed by atoms with E-state index in [2.05, 4.69) is 57.9 Å². The fourth-order valence-corrected chi connectivity index (χ4v) is 13.8. The molecule has 0 unspecified atom stereocenters. The molecule has 0 aliphatic carbocycles. The average molecular weight is 1620 g/mol. The number of anilines is 4. The van der Waals surface area contributed by atoms with Crippen LogP contribution in [0.5, 0.6) is 0 Å². The number of hydrogen-bond donors (Lipinski definition) is 14. The van der Waals surface area contributed by atoms with Crippen LogP contribution in [0.4, 0.5) is 45.9 Å². The molecule has 1 aromatic heterocycles. The largest absolute Gasteiger partial charge is 0.481 e. The Labute approximate surface area is 665 Å². The van der Waals surface area contributed by atoms with Gasteiger partial charge in [0.05, 0.1) is 69.5 Å². The number of ether oxygens (including phenoxy) is 3. The minimum absolute atomic E-state index is 0.0111. The van der Waals surface area contributed by atoms with E-state index >= 15 is 4.39 Å². The predicted octanol–water partition coefficient (Wildman–Crippen LogP) is 7.03. The lowest BCUT2D eigenvalue weighted by Crippen LogP contribution is -2.59. The van der Waals surface area contributed by atoms with Gasteiger partial charge in [0.15, 0.2) is 0 Å². The van der Waals surface area contributed by atoms with Crippen molar-refractivity contribution in [2.45, 2.75) is 134 Å². The quantitative estimate of drug-likeness (QED) is 0.0171. The number of aliphatic hydroxyl groups is 1. The van der Waals surface area contributed by atoms with Gasteiger partial charge < -0.3 is 97.1 Å². The number of carbonyl (C=O) groups excluding carboxylic acids is 9. The van der Waals surface area contributed by atoms with Crippen molar-refractivity contribution in [3.63, 3.8) is 0 Å². The smallest absolute Gasteiger partial charge is 0.319 e. The molecule has 1 fully saturated rings. The number of nitrogens with zero attached hydrogens (tertiary/aromatic N) is 3. The van der Waals surface area contributed by atoms with Gasteiger partial charge in [-0.05, 0) is 127 Å². The number of carboxylic acid groups (broad SMARTS) is 2. The number of nitrogens with one attached hydrogen (secondary N) is 11. The van der Waals surface area contributed by atoms with Gasteiger partial charge in [-0.2, -0.15) is 0 Å². The Morgan fingerprint density at radius 3 is 1.91 bits per heavy atom. The molecule has 6 atom stereocenters. The van der Waals surface area contributed by atoms with Gasteiger partial charge in [0.2, 0.25) is 35.4 Å². The molecule has 33 nitrogen and oxygen atoms in total. The molecule has 0 saturated carbocycles. The summed E-state index contributed by atoms with van der Waals surface area (Å²) in [7, 11) is -2.85. The van der Waals surface area contributed by atoms with E-state index in [1.165, 1.54) is 84.7 Å². The maximum atomic E-state index is 15.4. The zero-order valence-corrected chi connectivity index (χ0v) is 65.9. The summed E-state index contributed by atoms with van der Waals surface area (Å²) in [6.45, 7) is 10.7. The molecule has 36 heteroatoms. The van der Waals surface area contributed by atoms with Crippen molar-refractivity contribution < 1.29 is 99.5 Å². The van der Waals surface area contributed by atoms with E-state index in [4.69, 9.17) is 14.2 Å². The van der Waals surface area contributed by atoms with Crippen LogP contribution in [-0.2, 0) is 69.1 Å². The number of aliphatic hydroxyl groups excluding tert-OH is 1. The van der Waals surface area contributed by atoms with E-state index < -0.39 is 154 Å². The second-order valence-electron chi connectivity index (χ2n) is 28.4. The molecule has 115 heavy (non-hydrogen) atoms. The van der Waals surface area contributed by atoms with Crippen LogP contribution in [0.2, 0.25) is 0 Å². The third kappa shape index (κ3) is 28.5. The first-order chi connectivity index (χ1) is 54.8. The summed E-state index contributed by atoms with van der Waals surface area (Å²) in [5.74, 6) is -9.17. The molecule has 14 N–H and O–H groups in total. The summed E-state index contributed by atoms with van der Waals surface area (Å²) < 4.78 is 77.6. The van der Waals surface area contributed by atoms with Gasteiger partial charge >= 0.3 is 30.0 Å². The Morgan fingerprint density at radius 1 is 0.652 bits per heavy atom. The topological polar surface area (TPSA) is 454 Å². The Kier molecular flexibility index (Phi) is 34.8. The van der Waals surface area contributed by atoms with Crippen LogP contribution < -0.4 is 57.9 Å². The molecule has 0 radical (unpaired) electrons. The number of aliphatic carboxylic acids is 2.